The zero-order valence-corrected chi connectivity index (χ0v) is 12.6. The van der Waals surface area contributed by atoms with Gasteiger partial charge in [-0.2, -0.15) is 0 Å². The Morgan fingerprint density at radius 3 is 2.95 bits per heavy atom. The first-order valence-electron chi connectivity index (χ1n) is 7.09. The topological polar surface area (TPSA) is 32.8 Å². The average molecular weight is 313 g/mol. The SMILES string of the molecule is CN1CCO[C@@H]2CN(C(=O)c3ccc(F)c(Cl)c3)C[C@@H]2C1. The lowest BCUT2D eigenvalue weighted by Gasteiger charge is -2.19. The molecule has 3 rings (SSSR count). The highest BCUT2D eigenvalue weighted by Gasteiger charge is 2.38. The Morgan fingerprint density at radius 1 is 1.38 bits per heavy atom. The van der Waals surface area contributed by atoms with Gasteiger partial charge < -0.3 is 14.5 Å². The molecule has 1 amide bonds. The van der Waals surface area contributed by atoms with Crippen molar-refractivity contribution in [2.24, 2.45) is 5.92 Å². The number of carbonyl (C=O) groups excluding carboxylic acids is 1. The van der Waals surface area contributed by atoms with Gasteiger partial charge in [0.1, 0.15) is 5.82 Å². The molecule has 21 heavy (non-hydrogen) atoms. The van der Waals surface area contributed by atoms with Crippen molar-refractivity contribution in [1.29, 1.82) is 0 Å². The molecule has 6 heteroatoms. The molecule has 1 aromatic rings. The minimum Gasteiger partial charge on any atom is -0.375 e. The van der Waals surface area contributed by atoms with Crippen LogP contribution in [0.15, 0.2) is 18.2 Å². The van der Waals surface area contributed by atoms with E-state index in [1.54, 1.807) is 4.90 Å². The summed E-state index contributed by atoms with van der Waals surface area (Å²) in [6.07, 6.45) is 0.0924. The number of benzene rings is 1. The summed E-state index contributed by atoms with van der Waals surface area (Å²) < 4.78 is 19.0. The largest absolute Gasteiger partial charge is 0.375 e. The number of nitrogens with zero attached hydrogens (tertiary/aromatic N) is 2. The number of carbonyl (C=O) groups is 1. The second-order valence-electron chi connectivity index (χ2n) is 5.77. The van der Waals surface area contributed by atoms with Crippen LogP contribution in [0.25, 0.3) is 0 Å². The molecular formula is C15H18ClFN2O2. The average Bonchev–Trinajstić information content (AvgIpc) is 2.76. The van der Waals surface area contributed by atoms with Gasteiger partial charge in [-0.15, -0.1) is 0 Å². The number of fused-ring (bicyclic) bond motifs is 1. The van der Waals surface area contributed by atoms with Gasteiger partial charge in [0.2, 0.25) is 0 Å². The first-order chi connectivity index (χ1) is 10.0. The number of amides is 1. The quantitative estimate of drug-likeness (QED) is 0.794. The molecule has 1 aromatic carbocycles. The van der Waals surface area contributed by atoms with E-state index in [1.807, 2.05) is 0 Å². The summed E-state index contributed by atoms with van der Waals surface area (Å²) in [7, 11) is 2.07. The fourth-order valence-corrected chi connectivity index (χ4v) is 3.22. The second kappa shape index (κ2) is 5.91. The molecule has 2 heterocycles. The van der Waals surface area contributed by atoms with Gasteiger partial charge in [0.15, 0.2) is 0 Å². The minimum absolute atomic E-state index is 0.0229. The molecule has 2 aliphatic heterocycles. The zero-order chi connectivity index (χ0) is 15.0. The van der Waals surface area contributed by atoms with Crippen molar-refractivity contribution in [1.82, 2.24) is 9.80 Å². The molecule has 2 fully saturated rings. The maximum absolute atomic E-state index is 13.2. The van der Waals surface area contributed by atoms with E-state index in [1.165, 1.54) is 18.2 Å². The molecule has 0 aromatic heterocycles. The molecule has 2 aliphatic rings. The Hall–Kier alpha value is -1.17. The number of hydrogen-bond acceptors (Lipinski definition) is 3. The number of halogens is 2. The van der Waals surface area contributed by atoms with Crippen LogP contribution in [-0.2, 0) is 4.74 Å². The van der Waals surface area contributed by atoms with Crippen molar-refractivity contribution in [3.63, 3.8) is 0 Å². The number of hydrogen-bond donors (Lipinski definition) is 0. The summed E-state index contributed by atoms with van der Waals surface area (Å²) in [5.41, 5.74) is 0.422. The Kier molecular flexibility index (Phi) is 4.15. The summed E-state index contributed by atoms with van der Waals surface area (Å²) in [6.45, 7) is 3.81. The third-order valence-corrected chi connectivity index (χ3v) is 4.48. The van der Waals surface area contributed by atoms with Gasteiger partial charge in [0.05, 0.1) is 17.7 Å². The van der Waals surface area contributed by atoms with Crippen molar-refractivity contribution in [2.75, 3.05) is 39.8 Å². The smallest absolute Gasteiger partial charge is 0.254 e. The van der Waals surface area contributed by atoms with Gasteiger partial charge in [0.25, 0.3) is 5.91 Å². The highest BCUT2D eigenvalue weighted by molar-refractivity contribution is 6.31. The Balaban J connectivity index is 1.73. The Morgan fingerprint density at radius 2 is 2.19 bits per heavy atom. The van der Waals surface area contributed by atoms with E-state index in [-0.39, 0.29) is 17.0 Å². The highest BCUT2D eigenvalue weighted by Crippen LogP contribution is 2.25. The molecule has 0 radical (unpaired) electrons. The van der Waals surface area contributed by atoms with Crippen LogP contribution in [0.2, 0.25) is 5.02 Å². The van der Waals surface area contributed by atoms with Crippen molar-refractivity contribution in [3.05, 3.63) is 34.6 Å². The van der Waals surface area contributed by atoms with Crippen LogP contribution < -0.4 is 0 Å². The number of rotatable bonds is 1. The Labute approximate surface area is 128 Å². The molecule has 0 aliphatic carbocycles. The summed E-state index contributed by atoms with van der Waals surface area (Å²) in [4.78, 5) is 16.5. The molecule has 0 saturated carbocycles. The van der Waals surface area contributed by atoms with Crippen LogP contribution in [0.3, 0.4) is 0 Å². The molecule has 114 valence electrons. The third kappa shape index (κ3) is 3.05. The molecule has 0 unspecified atom stereocenters. The van der Waals surface area contributed by atoms with Gasteiger partial charge in [-0.05, 0) is 25.2 Å². The van der Waals surface area contributed by atoms with Crippen LogP contribution in [0.4, 0.5) is 4.39 Å². The minimum atomic E-state index is -0.509. The lowest BCUT2D eigenvalue weighted by molar-refractivity contribution is 0.0487. The lowest BCUT2D eigenvalue weighted by atomic mass is 10.1. The van der Waals surface area contributed by atoms with E-state index in [4.69, 9.17) is 16.3 Å². The molecule has 0 N–H and O–H groups in total. The molecule has 0 bridgehead atoms. The first-order valence-corrected chi connectivity index (χ1v) is 7.47. The van der Waals surface area contributed by atoms with E-state index in [9.17, 15) is 9.18 Å². The summed E-state index contributed by atoms with van der Waals surface area (Å²) in [6, 6.07) is 4.10. The number of likely N-dealkylation sites (N-methyl/N-ethyl adjacent to an activating group) is 1. The standard InChI is InChI=1S/C15H18ClFN2O2/c1-18-4-5-21-14-9-19(8-11(14)7-18)15(20)10-2-3-13(17)12(16)6-10/h2-3,6,11,14H,4-5,7-9H2,1H3/t11-,14+/m0/s1. The predicted molar refractivity (Wildman–Crippen MR) is 78.0 cm³/mol. The van der Waals surface area contributed by atoms with E-state index in [2.05, 4.69) is 11.9 Å². The van der Waals surface area contributed by atoms with E-state index < -0.39 is 5.82 Å². The van der Waals surface area contributed by atoms with E-state index in [0.717, 1.165) is 13.1 Å². The van der Waals surface area contributed by atoms with Gasteiger partial charge in [-0.1, -0.05) is 11.6 Å². The fourth-order valence-electron chi connectivity index (χ4n) is 3.03. The van der Waals surface area contributed by atoms with Crippen LogP contribution in [0, 0.1) is 11.7 Å². The first kappa shape index (κ1) is 14.8. The predicted octanol–water partition coefficient (Wildman–Crippen LogP) is 1.88. The molecule has 0 spiro atoms. The summed E-state index contributed by atoms with van der Waals surface area (Å²) in [5, 5.41) is -0.0229. The maximum Gasteiger partial charge on any atom is 0.254 e. The van der Waals surface area contributed by atoms with Crippen LogP contribution in [-0.4, -0.2) is 61.6 Å². The van der Waals surface area contributed by atoms with Gasteiger partial charge in [-0.25, -0.2) is 4.39 Å². The van der Waals surface area contributed by atoms with Gasteiger partial charge in [0, 0.05) is 37.7 Å². The molecule has 2 atom stereocenters. The number of likely N-dealkylation sites (tertiary alicyclic amines) is 1. The molecule has 4 nitrogen and oxygen atoms in total. The third-order valence-electron chi connectivity index (χ3n) is 4.19. The maximum atomic E-state index is 13.2. The summed E-state index contributed by atoms with van der Waals surface area (Å²) >= 11 is 5.75. The Bertz CT molecular complexity index is 554. The van der Waals surface area contributed by atoms with Crippen molar-refractivity contribution >= 4 is 17.5 Å². The zero-order valence-electron chi connectivity index (χ0n) is 11.9. The fraction of sp³-hybridized carbons (Fsp3) is 0.533. The van der Waals surface area contributed by atoms with Crippen LogP contribution >= 0.6 is 11.6 Å². The summed E-state index contributed by atoms with van der Waals surface area (Å²) in [5.74, 6) is -0.293. The van der Waals surface area contributed by atoms with Gasteiger partial charge >= 0.3 is 0 Å². The normalized spacial score (nSPS) is 26.5. The molecule has 2 saturated heterocycles. The lowest BCUT2D eigenvalue weighted by Crippen LogP contribution is -2.32. The molecular weight excluding hydrogens is 295 g/mol. The van der Waals surface area contributed by atoms with E-state index >= 15 is 0 Å². The van der Waals surface area contributed by atoms with Crippen LogP contribution in [0.5, 0.6) is 0 Å². The van der Waals surface area contributed by atoms with Crippen LogP contribution in [0.1, 0.15) is 10.4 Å². The number of ether oxygens (including phenoxy) is 1. The van der Waals surface area contributed by atoms with Crippen molar-refractivity contribution in [3.8, 4) is 0 Å². The van der Waals surface area contributed by atoms with E-state index in [0.29, 0.717) is 31.2 Å². The van der Waals surface area contributed by atoms with Crippen molar-refractivity contribution in [2.45, 2.75) is 6.10 Å². The monoisotopic (exact) mass is 312 g/mol. The second-order valence-corrected chi connectivity index (χ2v) is 6.18. The highest BCUT2D eigenvalue weighted by atomic mass is 35.5. The van der Waals surface area contributed by atoms with Crippen molar-refractivity contribution < 1.29 is 13.9 Å². The van der Waals surface area contributed by atoms with Gasteiger partial charge in [-0.3, -0.25) is 4.79 Å².